The average Bonchev–Trinajstić information content (AvgIpc) is 3.48. The molecule has 0 atom stereocenters. The average molecular weight is 553 g/mol. The molecule has 3 amide bonds. The lowest BCUT2D eigenvalue weighted by molar-refractivity contribution is 0.0950. The quantitative estimate of drug-likeness (QED) is 0.201. The van der Waals surface area contributed by atoms with Gasteiger partial charge in [-0.3, -0.25) is 24.4 Å². The molecule has 0 fully saturated rings. The van der Waals surface area contributed by atoms with Gasteiger partial charge < -0.3 is 20.4 Å². The molecule has 4 aromatic rings. The molecule has 3 aromatic heterocycles. The summed E-state index contributed by atoms with van der Waals surface area (Å²) in [6.07, 6.45) is 4.25. The van der Waals surface area contributed by atoms with Gasteiger partial charge in [0.2, 0.25) is 17.8 Å². The van der Waals surface area contributed by atoms with Crippen LogP contribution < -0.4 is 21.1 Å². The topological polar surface area (TPSA) is 159 Å². The van der Waals surface area contributed by atoms with Crippen molar-refractivity contribution in [2.75, 3.05) is 19.0 Å². The van der Waals surface area contributed by atoms with Gasteiger partial charge in [-0.25, -0.2) is 14.4 Å². The Morgan fingerprint density at radius 1 is 1.15 bits per heavy atom. The number of hydrogen-bond acceptors (Lipinski definition) is 7. The minimum Gasteiger partial charge on any atom is -0.494 e. The number of anilines is 1. The zero-order valence-corrected chi connectivity index (χ0v) is 21.9. The van der Waals surface area contributed by atoms with E-state index in [1.54, 1.807) is 34.4 Å². The fraction of sp³-hybridized carbons (Fsp3) is 0.231. The molecule has 4 N–H and O–H groups in total. The summed E-state index contributed by atoms with van der Waals surface area (Å²) < 4.78 is 35.8. The highest BCUT2D eigenvalue weighted by atomic mass is 19.2. The lowest BCUT2D eigenvalue weighted by atomic mass is 10.1. The van der Waals surface area contributed by atoms with E-state index in [1.807, 2.05) is 6.92 Å². The third-order valence-electron chi connectivity index (χ3n) is 5.90. The van der Waals surface area contributed by atoms with Crippen LogP contribution in [0.15, 0.2) is 42.6 Å². The Morgan fingerprint density at radius 3 is 2.62 bits per heavy atom. The third kappa shape index (κ3) is 5.65. The van der Waals surface area contributed by atoms with Crippen molar-refractivity contribution in [2.45, 2.75) is 26.9 Å². The molecule has 40 heavy (non-hydrogen) atoms. The van der Waals surface area contributed by atoms with Gasteiger partial charge in [0.15, 0.2) is 5.82 Å². The maximum Gasteiger partial charge on any atom is 0.276 e. The summed E-state index contributed by atoms with van der Waals surface area (Å²) in [5.41, 5.74) is 7.00. The third-order valence-corrected chi connectivity index (χ3v) is 5.90. The number of rotatable bonds is 10. The Balaban J connectivity index is 1.62. The lowest BCUT2D eigenvalue weighted by Gasteiger charge is -2.11. The van der Waals surface area contributed by atoms with Crippen molar-refractivity contribution in [3.8, 4) is 5.75 Å². The minimum atomic E-state index is -1.37. The number of aromatic nitrogens is 5. The number of carbonyl (C=O) groups is 3. The number of nitrogens with one attached hydrogen (secondary N) is 2. The molecule has 1 aromatic carbocycles. The molecule has 12 nitrogen and oxygen atoms in total. The highest BCUT2D eigenvalue weighted by Gasteiger charge is 2.21. The number of fused-ring (bicyclic) bond motifs is 1. The van der Waals surface area contributed by atoms with E-state index < -0.39 is 35.0 Å². The summed E-state index contributed by atoms with van der Waals surface area (Å²) in [6, 6.07) is 5.68. The summed E-state index contributed by atoms with van der Waals surface area (Å²) in [6.45, 7) is 4.26. The van der Waals surface area contributed by atoms with Crippen LogP contribution in [-0.2, 0) is 13.1 Å². The second-order valence-electron chi connectivity index (χ2n) is 8.54. The van der Waals surface area contributed by atoms with E-state index in [1.165, 1.54) is 19.2 Å². The molecular formula is C26H26F2N8O4. The normalized spacial score (nSPS) is 11.2. The molecular weight excluding hydrogens is 526 g/mol. The second kappa shape index (κ2) is 11.7. The fourth-order valence-electron chi connectivity index (χ4n) is 4.04. The smallest absolute Gasteiger partial charge is 0.276 e. The zero-order valence-electron chi connectivity index (χ0n) is 21.9. The highest BCUT2D eigenvalue weighted by Crippen LogP contribution is 2.31. The van der Waals surface area contributed by atoms with Gasteiger partial charge in [-0.1, -0.05) is 12.2 Å². The molecule has 4 rings (SSSR count). The minimum absolute atomic E-state index is 0.00550. The number of primary amides is 1. The number of aryl methyl sites for hydroxylation is 2. The summed E-state index contributed by atoms with van der Waals surface area (Å²) in [4.78, 5) is 44.9. The molecule has 0 unspecified atom stereocenters. The Kier molecular flexibility index (Phi) is 8.17. The summed E-state index contributed by atoms with van der Waals surface area (Å²) >= 11 is 0. The molecule has 0 aliphatic carbocycles. The summed E-state index contributed by atoms with van der Waals surface area (Å²) in [5.74, 6) is -4.19. The number of benzene rings is 1. The molecule has 0 aliphatic heterocycles. The number of ether oxygens (including phenoxy) is 1. The summed E-state index contributed by atoms with van der Waals surface area (Å²) in [7, 11) is 1.42. The van der Waals surface area contributed by atoms with Crippen LogP contribution in [-0.4, -0.2) is 55.7 Å². The van der Waals surface area contributed by atoms with Crippen LogP contribution in [0, 0.1) is 18.7 Å². The first-order chi connectivity index (χ1) is 19.1. The first-order valence-corrected chi connectivity index (χ1v) is 12.1. The van der Waals surface area contributed by atoms with E-state index in [-0.39, 0.29) is 24.6 Å². The largest absolute Gasteiger partial charge is 0.494 e. The molecule has 0 bridgehead atoms. The van der Waals surface area contributed by atoms with E-state index in [4.69, 9.17) is 10.5 Å². The van der Waals surface area contributed by atoms with Crippen molar-refractivity contribution in [2.24, 2.45) is 5.73 Å². The van der Waals surface area contributed by atoms with Gasteiger partial charge in [-0.05, 0) is 38.1 Å². The van der Waals surface area contributed by atoms with E-state index in [0.717, 1.165) is 12.3 Å². The predicted octanol–water partition coefficient (Wildman–Crippen LogP) is 2.58. The van der Waals surface area contributed by atoms with Crippen LogP contribution in [0.1, 0.15) is 43.8 Å². The zero-order chi connectivity index (χ0) is 29.0. The Hall–Kier alpha value is -5.14. The van der Waals surface area contributed by atoms with Crippen molar-refractivity contribution in [3.05, 3.63) is 76.9 Å². The molecule has 0 saturated heterocycles. The van der Waals surface area contributed by atoms with Crippen molar-refractivity contribution in [1.29, 1.82) is 0 Å². The van der Waals surface area contributed by atoms with E-state index >= 15 is 0 Å². The maximum atomic E-state index is 13.8. The Bertz CT molecular complexity index is 1640. The predicted molar refractivity (Wildman–Crippen MR) is 141 cm³/mol. The highest BCUT2D eigenvalue weighted by molar-refractivity contribution is 6.04. The van der Waals surface area contributed by atoms with Gasteiger partial charge in [0.25, 0.3) is 11.8 Å². The Labute approximate surface area is 226 Å². The molecule has 14 heteroatoms. The van der Waals surface area contributed by atoms with Crippen molar-refractivity contribution < 1.29 is 27.9 Å². The molecule has 0 saturated carbocycles. The second-order valence-corrected chi connectivity index (χ2v) is 8.54. The molecule has 0 spiro atoms. The number of allylic oxidation sites excluding steroid dienone is 1. The number of nitrogens with zero attached hydrogens (tertiary/aromatic N) is 5. The van der Waals surface area contributed by atoms with E-state index in [0.29, 0.717) is 34.7 Å². The van der Waals surface area contributed by atoms with E-state index in [2.05, 4.69) is 25.7 Å². The lowest BCUT2D eigenvalue weighted by Crippen LogP contribution is -2.25. The van der Waals surface area contributed by atoms with Crippen LogP contribution in [0.25, 0.3) is 11.0 Å². The molecule has 0 aliphatic rings. The molecule has 3 heterocycles. The number of imidazole rings is 1. The molecule has 0 radical (unpaired) electrons. The number of carbonyl (C=O) groups excluding carboxylic acids is 3. The number of amides is 3. The molecule has 208 valence electrons. The monoisotopic (exact) mass is 552 g/mol. The van der Waals surface area contributed by atoms with Crippen LogP contribution >= 0.6 is 0 Å². The van der Waals surface area contributed by atoms with Crippen LogP contribution in [0.3, 0.4) is 0 Å². The first kappa shape index (κ1) is 27.9. The number of methoxy groups -OCH3 is 1. The van der Waals surface area contributed by atoms with Gasteiger partial charge in [0.1, 0.15) is 17.0 Å². The van der Waals surface area contributed by atoms with Gasteiger partial charge in [-0.2, -0.15) is 9.49 Å². The van der Waals surface area contributed by atoms with Crippen LogP contribution in [0.4, 0.5) is 14.7 Å². The first-order valence-electron chi connectivity index (χ1n) is 12.1. The van der Waals surface area contributed by atoms with Crippen molar-refractivity contribution in [1.82, 2.24) is 29.6 Å². The van der Waals surface area contributed by atoms with Crippen molar-refractivity contribution in [3.63, 3.8) is 0 Å². The SMILES string of the molecule is CCn1nc(C)cc1C(=O)Nc1nc2cc(C(N)=O)cc(OC)c2n1C/C=C/CNC(=O)c1ccnc(F)c1F. The number of halogens is 2. The van der Waals surface area contributed by atoms with E-state index in [9.17, 15) is 23.2 Å². The van der Waals surface area contributed by atoms with Crippen LogP contribution in [0.5, 0.6) is 5.75 Å². The van der Waals surface area contributed by atoms with Gasteiger partial charge in [-0.15, -0.1) is 0 Å². The maximum absolute atomic E-state index is 13.8. The Morgan fingerprint density at radius 2 is 1.93 bits per heavy atom. The van der Waals surface area contributed by atoms with Crippen molar-refractivity contribution >= 4 is 34.7 Å². The fourth-order valence-corrected chi connectivity index (χ4v) is 4.04. The van der Waals surface area contributed by atoms with Crippen LogP contribution in [0.2, 0.25) is 0 Å². The van der Waals surface area contributed by atoms with Gasteiger partial charge in [0.05, 0.1) is 23.9 Å². The number of hydrogen-bond donors (Lipinski definition) is 3. The van der Waals surface area contributed by atoms with Gasteiger partial charge in [0, 0.05) is 31.4 Å². The summed E-state index contributed by atoms with van der Waals surface area (Å²) in [5, 5.41) is 9.56. The number of pyridine rings is 1. The standard InChI is InChI=1S/C26H26F2N8O4/c1-4-36-18(11-14(2)34-36)25(39)33-26-32-17-12-15(23(29)37)13-19(40-3)21(17)35(26)10-6-5-8-31-24(38)16-7-9-30-22(28)20(16)27/h5-7,9,11-13H,4,8,10H2,1-3H3,(H2,29,37)(H,31,38)(H,32,33,39)/b6-5+. The number of nitrogens with two attached hydrogens (primary N) is 1. The van der Waals surface area contributed by atoms with Gasteiger partial charge >= 0.3 is 0 Å².